The summed E-state index contributed by atoms with van der Waals surface area (Å²) in [4.78, 5) is 13.7. The summed E-state index contributed by atoms with van der Waals surface area (Å²) in [6.07, 6.45) is 2.86. The van der Waals surface area contributed by atoms with Gasteiger partial charge in [0.2, 0.25) is 0 Å². The fourth-order valence-corrected chi connectivity index (χ4v) is 4.06. The van der Waals surface area contributed by atoms with Crippen molar-refractivity contribution in [3.8, 4) is 17.6 Å². The van der Waals surface area contributed by atoms with Gasteiger partial charge in [0.05, 0.1) is 32.0 Å². The van der Waals surface area contributed by atoms with Crippen molar-refractivity contribution in [1.82, 2.24) is 24.6 Å². The fourth-order valence-electron chi connectivity index (χ4n) is 4.06. The molecule has 0 spiro atoms. The van der Waals surface area contributed by atoms with E-state index in [1.54, 1.807) is 7.11 Å². The molecule has 0 bridgehead atoms. The molecule has 164 valence electrons. The monoisotopic (exact) mass is 424 g/mol. The molecule has 9 heteroatoms. The molecule has 3 aromatic rings. The maximum Gasteiger partial charge on any atom is 0.320 e. The van der Waals surface area contributed by atoms with E-state index >= 15 is 0 Å². The molecule has 2 aliphatic rings. The van der Waals surface area contributed by atoms with E-state index in [1.807, 2.05) is 23.0 Å². The smallest absolute Gasteiger partial charge is 0.320 e. The van der Waals surface area contributed by atoms with E-state index in [2.05, 4.69) is 44.9 Å². The molecule has 2 saturated heterocycles. The number of rotatable bonds is 5. The van der Waals surface area contributed by atoms with Gasteiger partial charge in [-0.05, 0) is 25.6 Å². The molecule has 0 amide bonds. The van der Waals surface area contributed by atoms with Crippen molar-refractivity contribution in [3.05, 3.63) is 30.0 Å². The van der Waals surface area contributed by atoms with Crippen LogP contribution in [0.2, 0.25) is 0 Å². The predicted octanol–water partition coefficient (Wildman–Crippen LogP) is 2.05. The van der Waals surface area contributed by atoms with Crippen LogP contribution in [0.5, 0.6) is 11.8 Å². The van der Waals surface area contributed by atoms with Crippen LogP contribution in [0.4, 0.5) is 5.82 Å². The second-order valence-corrected chi connectivity index (χ2v) is 8.20. The number of hydrogen-bond donors (Lipinski definition) is 0. The van der Waals surface area contributed by atoms with Gasteiger partial charge in [0.25, 0.3) is 0 Å². The van der Waals surface area contributed by atoms with Crippen molar-refractivity contribution in [1.29, 1.82) is 0 Å². The molecule has 1 aromatic carbocycles. The number of nitrogens with zero attached hydrogens (tertiary/aromatic N) is 6. The zero-order valence-corrected chi connectivity index (χ0v) is 18.2. The summed E-state index contributed by atoms with van der Waals surface area (Å²) in [6.45, 7) is 7.26. The number of anilines is 1. The van der Waals surface area contributed by atoms with Crippen LogP contribution in [-0.2, 0) is 4.74 Å². The zero-order chi connectivity index (χ0) is 21.4. The molecule has 9 nitrogen and oxygen atoms in total. The van der Waals surface area contributed by atoms with Crippen LogP contribution < -0.4 is 14.4 Å². The van der Waals surface area contributed by atoms with Gasteiger partial charge in [-0.25, -0.2) is 4.68 Å². The molecular formula is C22H28N6O3. The van der Waals surface area contributed by atoms with Crippen LogP contribution in [0.25, 0.3) is 16.7 Å². The summed E-state index contributed by atoms with van der Waals surface area (Å²) >= 11 is 0. The Bertz CT molecular complexity index is 1070. The molecule has 2 aliphatic heterocycles. The second-order valence-electron chi connectivity index (χ2n) is 8.20. The highest BCUT2D eigenvalue weighted by Gasteiger charge is 2.21. The summed E-state index contributed by atoms with van der Waals surface area (Å²) in [5.74, 6) is 2.38. The highest BCUT2D eigenvalue weighted by molar-refractivity contribution is 5.83. The van der Waals surface area contributed by atoms with Crippen molar-refractivity contribution in [3.63, 3.8) is 0 Å². The summed E-state index contributed by atoms with van der Waals surface area (Å²) in [6, 6.07) is 6.46. The third-order valence-electron chi connectivity index (χ3n) is 5.95. The van der Waals surface area contributed by atoms with E-state index in [-0.39, 0.29) is 6.10 Å². The Morgan fingerprint density at radius 1 is 1.06 bits per heavy atom. The Hall–Kier alpha value is -2.91. The van der Waals surface area contributed by atoms with Gasteiger partial charge in [0.1, 0.15) is 17.7 Å². The SMILES string of the molecule is COc1nc(N2CCN(C)CC2)cc(-n2ncc3cc(C)c(O[C@@H]4CCOC4)cc32)n1. The molecular weight excluding hydrogens is 396 g/mol. The molecule has 31 heavy (non-hydrogen) atoms. The molecule has 0 saturated carbocycles. The van der Waals surface area contributed by atoms with Gasteiger partial charge in [-0.3, -0.25) is 0 Å². The third kappa shape index (κ3) is 4.03. The van der Waals surface area contributed by atoms with Crippen LogP contribution in [0.1, 0.15) is 12.0 Å². The molecule has 4 heterocycles. The minimum atomic E-state index is 0.0931. The molecule has 2 aromatic heterocycles. The summed E-state index contributed by atoms with van der Waals surface area (Å²) in [5, 5.41) is 5.65. The van der Waals surface area contributed by atoms with Crippen molar-refractivity contribution in [2.24, 2.45) is 0 Å². The van der Waals surface area contributed by atoms with Gasteiger partial charge in [-0.2, -0.15) is 15.1 Å². The number of fused-ring (bicyclic) bond motifs is 1. The first kappa shape index (κ1) is 20.0. The number of aryl methyl sites for hydroxylation is 1. The lowest BCUT2D eigenvalue weighted by atomic mass is 10.1. The number of aromatic nitrogens is 4. The average Bonchev–Trinajstić information content (AvgIpc) is 3.44. The lowest BCUT2D eigenvalue weighted by Gasteiger charge is -2.33. The Kier molecular flexibility index (Phi) is 5.37. The topological polar surface area (TPSA) is 77.8 Å². The fraction of sp³-hybridized carbons (Fsp3) is 0.500. The summed E-state index contributed by atoms with van der Waals surface area (Å²) in [5.41, 5.74) is 2.02. The van der Waals surface area contributed by atoms with E-state index in [4.69, 9.17) is 14.2 Å². The lowest BCUT2D eigenvalue weighted by Crippen LogP contribution is -2.44. The average molecular weight is 425 g/mol. The number of benzene rings is 1. The molecule has 0 N–H and O–H groups in total. The minimum Gasteiger partial charge on any atom is -0.488 e. The van der Waals surface area contributed by atoms with E-state index < -0.39 is 0 Å². The number of ether oxygens (including phenoxy) is 3. The van der Waals surface area contributed by atoms with Gasteiger partial charge >= 0.3 is 6.01 Å². The van der Waals surface area contributed by atoms with Gasteiger partial charge in [-0.1, -0.05) is 0 Å². The Labute approximate surface area is 181 Å². The van der Waals surface area contributed by atoms with Crippen LogP contribution in [0, 0.1) is 6.92 Å². The number of piperazine rings is 1. The van der Waals surface area contributed by atoms with Gasteiger partial charge in [0, 0.05) is 50.1 Å². The highest BCUT2D eigenvalue weighted by Crippen LogP contribution is 2.30. The number of methoxy groups -OCH3 is 1. The largest absolute Gasteiger partial charge is 0.488 e. The molecule has 1 atom stereocenters. The summed E-state index contributed by atoms with van der Waals surface area (Å²) < 4.78 is 18.9. The van der Waals surface area contributed by atoms with Gasteiger partial charge in [0.15, 0.2) is 5.82 Å². The maximum absolute atomic E-state index is 6.21. The molecule has 5 rings (SSSR count). The van der Waals surface area contributed by atoms with Crippen molar-refractivity contribution < 1.29 is 14.2 Å². The molecule has 0 radical (unpaired) electrons. The predicted molar refractivity (Wildman–Crippen MR) is 118 cm³/mol. The van der Waals surface area contributed by atoms with Crippen LogP contribution in [0.3, 0.4) is 0 Å². The van der Waals surface area contributed by atoms with Gasteiger partial charge < -0.3 is 24.0 Å². The molecule has 2 fully saturated rings. The first-order valence-electron chi connectivity index (χ1n) is 10.7. The Balaban J connectivity index is 1.52. The first-order chi connectivity index (χ1) is 15.1. The first-order valence-corrected chi connectivity index (χ1v) is 10.7. The van der Waals surface area contributed by atoms with Crippen LogP contribution in [0.15, 0.2) is 24.4 Å². The van der Waals surface area contributed by atoms with E-state index in [1.165, 1.54) is 0 Å². The van der Waals surface area contributed by atoms with E-state index in [0.717, 1.165) is 67.2 Å². The van der Waals surface area contributed by atoms with Crippen molar-refractivity contribution in [2.45, 2.75) is 19.4 Å². The molecule has 0 unspecified atom stereocenters. The van der Waals surface area contributed by atoms with Crippen molar-refractivity contribution in [2.75, 3.05) is 58.5 Å². The molecule has 0 aliphatic carbocycles. The summed E-state index contributed by atoms with van der Waals surface area (Å²) in [7, 11) is 3.73. The van der Waals surface area contributed by atoms with Crippen molar-refractivity contribution >= 4 is 16.7 Å². The maximum atomic E-state index is 6.21. The lowest BCUT2D eigenvalue weighted by molar-refractivity contribution is 0.141. The zero-order valence-electron chi connectivity index (χ0n) is 18.2. The Morgan fingerprint density at radius 3 is 2.61 bits per heavy atom. The normalized spacial score (nSPS) is 19.8. The highest BCUT2D eigenvalue weighted by atomic mass is 16.5. The quantitative estimate of drug-likeness (QED) is 0.616. The van der Waals surface area contributed by atoms with Crippen LogP contribution in [-0.4, -0.2) is 84.3 Å². The Morgan fingerprint density at radius 2 is 1.87 bits per heavy atom. The second kappa shape index (κ2) is 8.32. The number of hydrogen-bond acceptors (Lipinski definition) is 8. The third-order valence-corrected chi connectivity index (χ3v) is 5.95. The van der Waals surface area contributed by atoms with E-state index in [0.29, 0.717) is 18.4 Å². The minimum absolute atomic E-state index is 0.0931. The number of likely N-dealkylation sites (N-methyl/N-ethyl adjacent to an activating group) is 1. The van der Waals surface area contributed by atoms with E-state index in [9.17, 15) is 0 Å². The standard InChI is InChI=1S/C22H28N6O3/c1-15-10-16-13-23-28(18(16)11-19(15)31-17-4-9-30-14-17)21-12-20(24-22(25-21)29-3)27-7-5-26(2)6-8-27/h10-13,17H,4-9,14H2,1-3H3/t17-/m1/s1. The van der Waals surface area contributed by atoms with Crippen LogP contribution >= 0.6 is 0 Å². The van der Waals surface area contributed by atoms with Gasteiger partial charge in [-0.15, -0.1) is 0 Å².